The molecule has 2 aliphatic rings. The van der Waals surface area contributed by atoms with Gasteiger partial charge in [0.15, 0.2) is 0 Å². The number of alkyl halides is 3. The van der Waals surface area contributed by atoms with Crippen molar-refractivity contribution in [3.63, 3.8) is 0 Å². The molecule has 4 nitrogen and oxygen atoms in total. The summed E-state index contributed by atoms with van der Waals surface area (Å²) in [4.78, 5) is 24.7. The Hall–Kier alpha value is -2.90. The lowest BCUT2D eigenvalue weighted by molar-refractivity contribution is -0.143. The predicted octanol–water partition coefficient (Wildman–Crippen LogP) is 6.16. The fraction of sp³-hybridized carbons (Fsp3) is 0.440. The summed E-state index contributed by atoms with van der Waals surface area (Å²) in [6.45, 7) is 0. The zero-order valence-electron chi connectivity index (χ0n) is 17.9. The van der Waals surface area contributed by atoms with Gasteiger partial charge < -0.3 is 10.4 Å². The molecule has 1 atom stereocenters. The number of amides is 1. The number of hydrogen-bond acceptors (Lipinski definition) is 2. The molecule has 2 N–H and O–H groups in total. The van der Waals surface area contributed by atoms with Crippen molar-refractivity contribution < 1.29 is 32.3 Å². The van der Waals surface area contributed by atoms with Crippen LogP contribution < -0.4 is 5.32 Å². The van der Waals surface area contributed by atoms with E-state index in [0.717, 1.165) is 37.3 Å². The number of carbonyl (C=O) groups is 2. The molecule has 1 amide bonds. The standard InChI is InChI=1S/C25H25F4NO3/c26-20-13-17(8-9-19(20)25(27,28)29)21(16-5-1-2-6-16)22(31)30-18-7-3-4-15(12-18)14-24(10-11-24)23(32)33/h3-4,7-9,12-13,16,21H,1-2,5-6,10-11,14H2,(H,30,31)(H,32,33). The Bertz CT molecular complexity index is 1060. The highest BCUT2D eigenvalue weighted by atomic mass is 19.4. The molecule has 2 saturated carbocycles. The molecule has 176 valence electrons. The number of benzene rings is 2. The predicted molar refractivity (Wildman–Crippen MR) is 114 cm³/mol. The molecule has 1 unspecified atom stereocenters. The third-order valence-corrected chi connectivity index (χ3v) is 6.86. The van der Waals surface area contributed by atoms with Gasteiger partial charge in [0.2, 0.25) is 5.91 Å². The van der Waals surface area contributed by atoms with Gasteiger partial charge in [0, 0.05) is 5.69 Å². The van der Waals surface area contributed by atoms with Crippen molar-refractivity contribution in [2.75, 3.05) is 5.32 Å². The summed E-state index contributed by atoms with van der Waals surface area (Å²) in [7, 11) is 0. The van der Waals surface area contributed by atoms with Crippen molar-refractivity contribution in [3.05, 3.63) is 65.0 Å². The maximum Gasteiger partial charge on any atom is 0.419 e. The van der Waals surface area contributed by atoms with E-state index in [0.29, 0.717) is 31.0 Å². The normalized spacial score (nSPS) is 18.7. The fourth-order valence-electron chi connectivity index (χ4n) is 4.87. The highest BCUT2D eigenvalue weighted by Crippen LogP contribution is 2.48. The molecule has 2 aromatic carbocycles. The Morgan fingerprint density at radius 1 is 1.09 bits per heavy atom. The maximum atomic E-state index is 14.3. The van der Waals surface area contributed by atoms with Crippen LogP contribution in [0.15, 0.2) is 42.5 Å². The number of carboxylic acids is 1. The molecule has 0 spiro atoms. The molecule has 0 heterocycles. The van der Waals surface area contributed by atoms with E-state index < -0.39 is 40.8 Å². The topological polar surface area (TPSA) is 66.4 Å². The molecule has 2 fully saturated rings. The van der Waals surface area contributed by atoms with Crippen LogP contribution in [0, 0.1) is 17.2 Å². The van der Waals surface area contributed by atoms with Gasteiger partial charge in [-0.2, -0.15) is 13.2 Å². The van der Waals surface area contributed by atoms with Crippen LogP contribution in [-0.4, -0.2) is 17.0 Å². The Labute approximate surface area is 189 Å². The smallest absolute Gasteiger partial charge is 0.419 e. The largest absolute Gasteiger partial charge is 0.481 e. The number of aliphatic carboxylic acids is 1. The molecule has 0 aromatic heterocycles. The lowest BCUT2D eigenvalue weighted by Gasteiger charge is -2.24. The van der Waals surface area contributed by atoms with E-state index in [1.807, 2.05) is 0 Å². The second-order valence-corrected chi connectivity index (χ2v) is 9.21. The summed E-state index contributed by atoms with van der Waals surface area (Å²) >= 11 is 0. The fourth-order valence-corrected chi connectivity index (χ4v) is 4.87. The van der Waals surface area contributed by atoms with Gasteiger partial charge in [-0.05, 0) is 73.4 Å². The van der Waals surface area contributed by atoms with Crippen molar-refractivity contribution in [3.8, 4) is 0 Å². The van der Waals surface area contributed by atoms with Crippen LogP contribution in [0.25, 0.3) is 0 Å². The summed E-state index contributed by atoms with van der Waals surface area (Å²) in [5.41, 5.74) is -0.604. The Balaban J connectivity index is 1.57. The van der Waals surface area contributed by atoms with Crippen LogP contribution in [0.1, 0.15) is 61.1 Å². The van der Waals surface area contributed by atoms with Gasteiger partial charge >= 0.3 is 12.1 Å². The molecule has 8 heteroatoms. The summed E-state index contributed by atoms with van der Waals surface area (Å²) in [6.07, 6.45) is 0.0774. The highest BCUT2D eigenvalue weighted by Gasteiger charge is 2.50. The van der Waals surface area contributed by atoms with Crippen LogP contribution in [-0.2, 0) is 22.2 Å². The molecule has 0 saturated heterocycles. The first-order chi connectivity index (χ1) is 15.6. The van der Waals surface area contributed by atoms with Crippen LogP contribution in [0.2, 0.25) is 0 Å². The monoisotopic (exact) mass is 463 g/mol. The third kappa shape index (κ3) is 5.04. The second-order valence-electron chi connectivity index (χ2n) is 9.21. The van der Waals surface area contributed by atoms with Crippen molar-refractivity contribution in [2.24, 2.45) is 11.3 Å². The number of anilines is 1. The Morgan fingerprint density at radius 2 is 1.79 bits per heavy atom. The van der Waals surface area contributed by atoms with Crippen molar-refractivity contribution in [1.29, 1.82) is 0 Å². The summed E-state index contributed by atoms with van der Waals surface area (Å²) in [5, 5.41) is 12.2. The number of rotatable bonds is 7. The van der Waals surface area contributed by atoms with Gasteiger partial charge in [0.05, 0.1) is 16.9 Å². The van der Waals surface area contributed by atoms with E-state index >= 15 is 0 Å². The minimum absolute atomic E-state index is 0.0916. The molecule has 0 bridgehead atoms. The SMILES string of the molecule is O=C(Nc1cccc(CC2(C(=O)O)CC2)c1)C(c1ccc(C(F)(F)F)c(F)c1)C1CCCC1. The average Bonchev–Trinajstić information content (AvgIpc) is 3.32. The lowest BCUT2D eigenvalue weighted by atomic mass is 9.83. The van der Waals surface area contributed by atoms with E-state index in [-0.39, 0.29) is 11.5 Å². The lowest BCUT2D eigenvalue weighted by Crippen LogP contribution is -2.27. The van der Waals surface area contributed by atoms with Crippen molar-refractivity contribution in [2.45, 2.75) is 57.0 Å². The number of nitrogens with one attached hydrogen (secondary N) is 1. The number of carbonyl (C=O) groups excluding carboxylic acids is 1. The van der Waals surface area contributed by atoms with E-state index in [1.54, 1.807) is 24.3 Å². The minimum Gasteiger partial charge on any atom is -0.481 e. The molecule has 2 aliphatic carbocycles. The maximum absolute atomic E-state index is 14.3. The minimum atomic E-state index is -4.80. The molecular formula is C25H25F4NO3. The van der Waals surface area contributed by atoms with Crippen molar-refractivity contribution in [1.82, 2.24) is 0 Å². The summed E-state index contributed by atoms with van der Waals surface area (Å²) in [5.74, 6) is -3.49. The number of halogens is 4. The molecule has 0 radical (unpaired) electrons. The first kappa shape index (κ1) is 23.3. The van der Waals surface area contributed by atoms with Gasteiger partial charge in [-0.3, -0.25) is 9.59 Å². The molecule has 4 rings (SSSR count). The van der Waals surface area contributed by atoms with E-state index in [4.69, 9.17) is 0 Å². The summed E-state index contributed by atoms with van der Waals surface area (Å²) < 4.78 is 53.2. The van der Waals surface area contributed by atoms with Crippen LogP contribution in [0.3, 0.4) is 0 Å². The second kappa shape index (κ2) is 8.80. The molecular weight excluding hydrogens is 438 g/mol. The Kier molecular flexibility index (Phi) is 6.20. The number of hydrogen-bond donors (Lipinski definition) is 2. The first-order valence-electron chi connectivity index (χ1n) is 11.1. The van der Waals surface area contributed by atoms with Crippen molar-refractivity contribution >= 4 is 17.6 Å². The first-order valence-corrected chi connectivity index (χ1v) is 11.1. The van der Waals surface area contributed by atoms with Gasteiger partial charge in [0.25, 0.3) is 0 Å². The van der Waals surface area contributed by atoms with Crippen LogP contribution in [0.5, 0.6) is 0 Å². The van der Waals surface area contributed by atoms with Gasteiger partial charge in [-0.25, -0.2) is 4.39 Å². The molecule has 2 aromatic rings. The zero-order chi connectivity index (χ0) is 23.8. The molecule has 33 heavy (non-hydrogen) atoms. The average molecular weight is 463 g/mol. The van der Waals surface area contributed by atoms with E-state index in [9.17, 15) is 32.3 Å². The molecule has 0 aliphatic heterocycles. The number of carboxylic acid groups (broad SMARTS) is 1. The third-order valence-electron chi connectivity index (χ3n) is 6.86. The van der Waals surface area contributed by atoms with E-state index in [2.05, 4.69) is 5.32 Å². The van der Waals surface area contributed by atoms with Crippen LogP contribution >= 0.6 is 0 Å². The Morgan fingerprint density at radius 3 is 2.36 bits per heavy atom. The zero-order valence-corrected chi connectivity index (χ0v) is 17.9. The quantitative estimate of drug-likeness (QED) is 0.483. The van der Waals surface area contributed by atoms with Gasteiger partial charge in [-0.15, -0.1) is 0 Å². The van der Waals surface area contributed by atoms with Crippen LogP contribution in [0.4, 0.5) is 23.2 Å². The summed E-state index contributed by atoms with van der Waals surface area (Å²) in [6, 6.07) is 9.64. The van der Waals surface area contributed by atoms with Gasteiger partial charge in [-0.1, -0.05) is 31.0 Å². The van der Waals surface area contributed by atoms with Gasteiger partial charge in [0.1, 0.15) is 5.82 Å². The van der Waals surface area contributed by atoms with E-state index in [1.165, 1.54) is 6.07 Å². The highest BCUT2D eigenvalue weighted by molar-refractivity contribution is 5.96.